The molecule has 3 aromatic rings. The van der Waals surface area contributed by atoms with Gasteiger partial charge in [0.25, 0.3) is 0 Å². The Morgan fingerprint density at radius 3 is 2.85 bits per heavy atom. The van der Waals surface area contributed by atoms with Crippen molar-refractivity contribution in [3.63, 3.8) is 0 Å². The molecule has 0 saturated carbocycles. The van der Waals surface area contributed by atoms with Gasteiger partial charge in [-0.25, -0.2) is 0 Å². The molecule has 0 saturated heterocycles. The van der Waals surface area contributed by atoms with E-state index in [1.165, 1.54) is 11.1 Å². The maximum Gasteiger partial charge on any atom is 0.244 e. The lowest BCUT2D eigenvalue weighted by atomic mass is 9.96. The minimum atomic E-state index is 0.0566. The number of rotatable bonds is 2. The van der Waals surface area contributed by atoms with Crippen molar-refractivity contribution in [3.05, 3.63) is 59.7 Å². The van der Waals surface area contributed by atoms with E-state index in [0.29, 0.717) is 17.5 Å². The largest absolute Gasteiger partial charge is 0.461 e. The second kappa shape index (κ2) is 4.61. The molecule has 0 amide bonds. The predicted octanol–water partition coefficient (Wildman–Crippen LogP) is 2.72. The summed E-state index contributed by atoms with van der Waals surface area (Å²) in [5, 5.41) is 7.39. The lowest BCUT2D eigenvalue weighted by Gasteiger charge is -2.23. The summed E-state index contributed by atoms with van der Waals surface area (Å²) in [6.07, 6.45) is 2.45. The molecule has 0 spiro atoms. The molecule has 1 aromatic carbocycles. The second-order valence-electron chi connectivity index (χ2n) is 4.84. The summed E-state index contributed by atoms with van der Waals surface area (Å²) in [5.41, 5.74) is 2.66. The summed E-state index contributed by atoms with van der Waals surface area (Å²) in [6.45, 7) is 0.819. The summed E-state index contributed by atoms with van der Waals surface area (Å²) in [5.74, 6) is 1.72. The van der Waals surface area contributed by atoms with Crippen molar-refractivity contribution < 1.29 is 8.94 Å². The van der Waals surface area contributed by atoms with Gasteiger partial charge in [0.1, 0.15) is 0 Å². The van der Waals surface area contributed by atoms with Gasteiger partial charge in [0.05, 0.1) is 12.3 Å². The normalized spacial score (nSPS) is 17.9. The van der Waals surface area contributed by atoms with E-state index in [1.807, 2.05) is 6.07 Å². The number of furan rings is 1. The van der Waals surface area contributed by atoms with E-state index in [0.717, 1.165) is 13.0 Å². The molecule has 100 valence electrons. The molecule has 1 aliphatic heterocycles. The van der Waals surface area contributed by atoms with Crippen molar-refractivity contribution in [1.29, 1.82) is 0 Å². The Morgan fingerprint density at radius 1 is 1.10 bits per heavy atom. The maximum absolute atomic E-state index is 5.36. The van der Waals surface area contributed by atoms with Gasteiger partial charge < -0.3 is 14.3 Å². The average Bonchev–Trinajstić information content (AvgIpc) is 3.17. The number of fused-ring (bicyclic) bond motifs is 1. The van der Waals surface area contributed by atoms with E-state index >= 15 is 0 Å². The second-order valence-corrected chi connectivity index (χ2v) is 4.84. The molecule has 4 rings (SSSR count). The van der Waals surface area contributed by atoms with Crippen LogP contribution in [-0.2, 0) is 13.0 Å². The fourth-order valence-electron chi connectivity index (χ4n) is 2.51. The summed E-state index contributed by atoms with van der Waals surface area (Å²) in [4.78, 5) is 4.42. The van der Waals surface area contributed by atoms with Crippen molar-refractivity contribution in [3.8, 4) is 11.6 Å². The van der Waals surface area contributed by atoms with Crippen LogP contribution in [0.2, 0.25) is 0 Å². The monoisotopic (exact) mass is 267 g/mol. The average molecular weight is 267 g/mol. The molecule has 5 nitrogen and oxygen atoms in total. The Bertz CT molecular complexity index is 718. The fraction of sp³-hybridized carbons (Fsp3) is 0.200. The maximum atomic E-state index is 5.36. The topological polar surface area (TPSA) is 64.1 Å². The molecule has 0 radical (unpaired) electrons. The van der Waals surface area contributed by atoms with Crippen LogP contribution in [0, 0.1) is 0 Å². The quantitative estimate of drug-likeness (QED) is 0.773. The van der Waals surface area contributed by atoms with Crippen molar-refractivity contribution in [2.75, 3.05) is 0 Å². The number of nitrogens with zero attached hydrogens (tertiary/aromatic N) is 2. The molecule has 2 aromatic heterocycles. The molecule has 1 N–H and O–H groups in total. The number of hydrogen-bond donors (Lipinski definition) is 1. The van der Waals surface area contributed by atoms with Crippen LogP contribution >= 0.6 is 0 Å². The van der Waals surface area contributed by atoms with Crippen molar-refractivity contribution in [2.45, 2.75) is 19.0 Å². The molecular weight excluding hydrogens is 254 g/mol. The highest BCUT2D eigenvalue weighted by molar-refractivity contribution is 5.45. The molecule has 5 heteroatoms. The van der Waals surface area contributed by atoms with Gasteiger partial charge in [-0.05, 0) is 29.7 Å². The van der Waals surface area contributed by atoms with Gasteiger partial charge >= 0.3 is 0 Å². The summed E-state index contributed by atoms with van der Waals surface area (Å²) >= 11 is 0. The van der Waals surface area contributed by atoms with E-state index < -0.39 is 0 Å². The number of benzene rings is 1. The zero-order valence-electron chi connectivity index (χ0n) is 10.7. The van der Waals surface area contributed by atoms with Crippen LogP contribution in [0.5, 0.6) is 0 Å². The number of aromatic nitrogens is 2. The van der Waals surface area contributed by atoms with Gasteiger partial charge in [-0.1, -0.05) is 29.4 Å². The first-order chi connectivity index (χ1) is 9.90. The van der Waals surface area contributed by atoms with E-state index in [1.54, 1.807) is 12.3 Å². The van der Waals surface area contributed by atoms with Gasteiger partial charge in [-0.15, -0.1) is 0 Å². The minimum Gasteiger partial charge on any atom is -0.461 e. The summed E-state index contributed by atoms with van der Waals surface area (Å²) in [6, 6.07) is 12.1. The molecule has 1 aliphatic rings. The zero-order chi connectivity index (χ0) is 13.4. The first-order valence-electron chi connectivity index (χ1n) is 6.58. The molecule has 0 bridgehead atoms. The Balaban J connectivity index is 1.60. The third-order valence-electron chi connectivity index (χ3n) is 3.56. The molecule has 0 aliphatic carbocycles. The Kier molecular flexibility index (Phi) is 2.63. The van der Waals surface area contributed by atoms with Gasteiger partial charge in [0.2, 0.25) is 11.7 Å². The molecule has 0 unspecified atom stereocenters. The Hall–Kier alpha value is -2.40. The van der Waals surface area contributed by atoms with Crippen molar-refractivity contribution in [2.24, 2.45) is 0 Å². The number of nitrogens with one attached hydrogen (secondary N) is 1. The van der Waals surface area contributed by atoms with Gasteiger partial charge in [0, 0.05) is 6.54 Å². The third kappa shape index (κ3) is 1.92. The Labute approximate surface area is 115 Å². The van der Waals surface area contributed by atoms with Crippen LogP contribution in [0.4, 0.5) is 0 Å². The first kappa shape index (κ1) is 11.4. The predicted molar refractivity (Wildman–Crippen MR) is 71.7 cm³/mol. The Morgan fingerprint density at radius 2 is 2.00 bits per heavy atom. The van der Waals surface area contributed by atoms with E-state index in [-0.39, 0.29) is 6.04 Å². The van der Waals surface area contributed by atoms with Crippen LogP contribution in [0.15, 0.2) is 51.6 Å². The number of hydrogen-bond acceptors (Lipinski definition) is 5. The van der Waals surface area contributed by atoms with E-state index in [9.17, 15) is 0 Å². The van der Waals surface area contributed by atoms with Gasteiger partial charge in [-0.3, -0.25) is 0 Å². The minimum absolute atomic E-state index is 0.0566. The molecule has 0 fully saturated rings. The highest BCUT2D eigenvalue weighted by atomic mass is 16.5. The first-order valence-corrected chi connectivity index (χ1v) is 6.58. The molecule has 20 heavy (non-hydrogen) atoms. The lowest BCUT2D eigenvalue weighted by Crippen LogP contribution is -2.28. The lowest BCUT2D eigenvalue weighted by molar-refractivity contribution is 0.321. The standard InChI is InChI=1S/C15H13N3O2/c1-2-5-11-9-16-12(8-10(11)4-1)15-17-14(18-20-15)13-6-3-7-19-13/h1-7,12,16H,8-9H2/t12-/m0/s1. The third-order valence-corrected chi connectivity index (χ3v) is 3.56. The van der Waals surface area contributed by atoms with Crippen molar-refractivity contribution in [1.82, 2.24) is 15.5 Å². The molecular formula is C15H13N3O2. The van der Waals surface area contributed by atoms with Crippen LogP contribution in [0.25, 0.3) is 11.6 Å². The van der Waals surface area contributed by atoms with Crippen LogP contribution in [0.3, 0.4) is 0 Å². The highest BCUT2D eigenvalue weighted by Crippen LogP contribution is 2.26. The SMILES string of the molecule is c1coc(-c2noc([C@@H]3Cc4ccccc4CN3)n2)c1. The van der Waals surface area contributed by atoms with Gasteiger partial charge in [-0.2, -0.15) is 4.98 Å². The fourth-order valence-corrected chi connectivity index (χ4v) is 2.51. The van der Waals surface area contributed by atoms with Crippen LogP contribution < -0.4 is 5.32 Å². The van der Waals surface area contributed by atoms with Crippen molar-refractivity contribution >= 4 is 0 Å². The zero-order valence-corrected chi connectivity index (χ0v) is 10.7. The smallest absolute Gasteiger partial charge is 0.244 e. The van der Waals surface area contributed by atoms with Crippen LogP contribution in [0.1, 0.15) is 23.1 Å². The summed E-state index contributed by atoms with van der Waals surface area (Å²) < 4.78 is 10.6. The van der Waals surface area contributed by atoms with E-state index in [2.05, 4.69) is 39.7 Å². The van der Waals surface area contributed by atoms with Crippen LogP contribution in [-0.4, -0.2) is 10.1 Å². The van der Waals surface area contributed by atoms with E-state index in [4.69, 9.17) is 8.94 Å². The summed E-state index contributed by atoms with van der Waals surface area (Å²) in [7, 11) is 0. The molecule has 3 heterocycles. The molecule has 1 atom stereocenters. The van der Waals surface area contributed by atoms with Gasteiger partial charge in [0.15, 0.2) is 5.76 Å². The highest BCUT2D eigenvalue weighted by Gasteiger charge is 2.24.